The van der Waals surface area contributed by atoms with Gasteiger partial charge in [-0.2, -0.15) is 0 Å². The highest BCUT2D eigenvalue weighted by atomic mass is 19.1. The molecule has 0 aromatic heterocycles. The molecule has 2 heterocycles. The number of ketones is 1. The number of carbonyl (C=O) groups excluding carboxylic acids is 2. The molecule has 0 radical (unpaired) electrons. The zero-order chi connectivity index (χ0) is 20.7. The number of benzene rings is 2. The van der Waals surface area contributed by atoms with Crippen molar-refractivity contribution in [3.8, 4) is 5.75 Å². The van der Waals surface area contributed by atoms with Gasteiger partial charge in [0.05, 0.1) is 11.6 Å². The molecule has 0 spiro atoms. The van der Waals surface area contributed by atoms with Gasteiger partial charge in [0.15, 0.2) is 0 Å². The molecule has 6 heteroatoms. The number of hydrogen-bond acceptors (Lipinski definition) is 4. The van der Waals surface area contributed by atoms with Crippen LogP contribution in [0.5, 0.6) is 5.75 Å². The summed E-state index contributed by atoms with van der Waals surface area (Å²) in [5.74, 6) is -1.25. The van der Waals surface area contributed by atoms with Crippen molar-refractivity contribution in [1.29, 1.82) is 0 Å². The van der Waals surface area contributed by atoms with Crippen LogP contribution in [0.25, 0.3) is 5.76 Å². The number of hydrogen-bond donors (Lipinski definition) is 1. The van der Waals surface area contributed by atoms with E-state index in [2.05, 4.69) is 0 Å². The van der Waals surface area contributed by atoms with Crippen LogP contribution in [0.1, 0.15) is 43.0 Å². The lowest BCUT2D eigenvalue weighted by atomic mass is 9.94. The molecule has 1 N–H and O–H groups in total. The van der Waals surface area contributed by atoms with Crippen LogP contribution < -0.4 is 4.74 Å². The number of halogens is 1. The van der Waals surface area contributed by atoms with Gasteiger partial charge in [0.2, 0.25) is 0 Å². The Morgan fingerprint density at radius 1 is 1.21 bits per heavy atom. The van der Waals surface area contributed by atoms with E-state index in [9.17, 15) is 19.1 Å². The van der Waals surface area contributed by atoms with Crippen molar-refractivity contribution >= 4 is 17.4 Å². The lowest BCUT2D eigenvalue weighted by molar-refractivity contribution is -0.139. The number of aliphatic hydroxyl groups excluding tert-OH is 1. The summed E-state index contributed by atoms with van der Waals surface area (Å²) >= 11 is 0. The molecule has 2 unspecified atom stereocenters. The van der Waals surface area contributed by atoms with Gasteiger partial charge in [-0.05, 0) is 54.8 Å². The van der Waals surface area contributed by atoms with Crippen LogP contribution in [0.3, 0.4) is 0 Å². The van der Waals surface area contributed by atoms with Crippen molar-refractivity contribution < 1.29 is 23.8 Å². The SMILES string of the molecule is CCCN1C(=O)C(=O)/C(=C(\O)c2ccc3c(c2)CC(C)O3)C1c1ccc(F)cc1. The molecular formula is C23H22FNO4. The van der Waals surface area contributed by atoms with Crippen LogP contribution in [0.2, 0.25) is 0 Å². The molecule has 4 rings (SSSR count). The zero-order valence-corrected chi connectivity index (χ0v) is 16.3. The summed E-state index contributed by atoms with van der Waals surface area (Å²) in [5, 5.41) is 11.0. The predicted molar refractivity (Wildman–Crippen MR) is 106 cm³/mol. The number of likely N-dealkylation sites (tertiary alicyclic amines) is 1. The molecular weight excluding hydrogens is 373 g/mol. The van der Waals surface area contributed by atoms with Crippen molar-refractivity contribution in [2.24, 2.45) is 0 Å². The molecule has 29 heavy (non-hydrogen) atoms. The van der Waals surface area contributed by atoms with Crippen molar-refractivity contribution in [2.75, 3.05) is 6.54 Å². The fourth-order valence-electron chi connectivity index (χ4n) is 4.07. The molecule has 0 bridgehead atoms. The molecule has 2 aromatic carbocycles. The Hall–Kier alpha value is -3.15. The van der Waals surface area contributed by atoms with E-state index >= 15 is 0 Å². The van der Waals surface area contributed by atoms with E-state index in [1.54, 1.807) is 30.3 Å². The summed E-state index contributed by atoms with van der Waals surface area (Å²) in [7, 11) is 0. The van der Waals surface area contributed by atoms with Gasteiger partial charge in [0, 0.05) is 18.5 Å². The van der Waals surface area contributed by atoms with Gasteiger partial charge in [0.25, 0.3) is 11.7 Å². The molecule has 2 aromatic rings. The third kappa shape index (κ3) is 3.28. The Balaban J connectivity index is 1.84. The second-order valence-corrected chi connectivity index (χ2v) is 7.50. The monoisotopic (exact) mass is 395 g/mol. The maximum absolute atomic E-state index is 13.4. The van der Waals surface area contributed by atoms with Crippen LogP contribution in [0.15, 0.2) is 48.0 Å². The molecule has 150 valence electrons. The Bertz CT molecular complexity index is 1010. The molecule has 2 aliphatic heterocycles. The molecule has 0 aliphatic carbocycles. The zero-order valence-electron chi connectivity index (χ0n) is 16.3. The number of fused-ring (bicyclic) bond motifs is 1. The number of Topliss-reactive ketones (excluding diaryl/α,β-unsaturated/α-hetero) is 1. The van der Waals surface area contributed by atoms with E-state index in [1.807, 2.05) is 13.8 Å². The van der Waals surface area contributed by atoms with Gasteiger partial charge in [0.1, 0.15) is 23.4 Å². The first-order valence-electron chi connectivity index (χ1n) is 9.74. The number of rotatable bonds is 4. The van der Waals surface area contributed by atoms with Gasteiger partial charge in [-0.3, -0.25) is 9.59 Å². The Kier molecular flexibility index (Phi) is 4.86. The maximum atomic E-state index is 13.4. The van der Waals surface area contributed by atoms with Gasteiger partial charge < -0.3 is 14.7 Å². The first-order chi connectivity index (χ1) is 13.9. The van der Waals surface area contributed by atoms with Crippen molar-refractivity contribution in [1.82, 2.24) is 4.90 Å². The second kappa shape index (κ2) is 7.35. The van der Waals surface area contributed by atoms with Crippen LogP contribution in [0, 0.1) is 5.82 Å². The summed E-state index contributed by atoms with van der Waals surface area (Å²) in [4.78, 5) is 26.9. The Morgan fingerprint density at radius 3 is 2.62 bits per heavy atom. The van der Waals surface area contributed by atoms with E-state index in [4.69, 9.17) is 4.74 Å². The topological polar surface area (TPSA) is 66.8 Å². The lowest BCUT2D eigenvalue weighted by Gasteiger charge is -2.24. The van der Waals surface area contributed by atoms with E-state index in [0.717, 1.165) is 11.3 Å². The van der Waals surface area contributed by atoms with Crippen LogP contribution in [0.4, 0.5) is 4.39 Å². The molecule has 0 saturated carbocycles. The minimum absolute atomic E-state index is 0.0296. The Labute approximate surface area is 168 Å². The summed E-state index contributed by atoms with van der Waals surface area (Å²) < 4.78 is 19.1. The lowest BCUT2D eigenvalue weighted by Crippen LogP contribution is -2.30. The maximum Gasteiger partial charge on any atom is 0.295 e. The van der Waals surface area contributed by atoms with Gasteiger partial charge in [-0.15, -0.1) is 0 Å². The van der Waals surface area contributed by atoms with Crippen LogP contribution in [-0.2, 0) is 16.0 Å². The van der Waals surface area contributed by atoms with Crippen LogP contribution in [-0.4, -0.2) is 34.3 Å². The van der Waals surface area contributed by atoms with Gasteiger partial charge in [-0.1, -0.05) is 19.1 Å². The third-order valence-electron chi connectivity index (χ3n) is 5.36. The summed E-state index contributed by atoms with van der Waals surface area (Å²) in [6.45, 7) is 4.23. The van der Waals surface area contributed by atoms with Gasteiger partial charge in [-0.25, -0.2) is 4.39 Å². The largest absolute Gasteiger partial charge is 0.507 e. The number of aliphatic hydroxyl groups is 1. The Morgan fingerprint density at radius 2 is 1.93 bits per heavy atom. The molecule has 2 atom stereocenters. The highest BCUT2D eigenvalue weighted by Gasteiger charge is 2.45. The normalized spacial score (nSPS) is 22.7. The number of nitrogens with zero attached hydrogens (tertiary/aromatic N) is 1. The molecule has 1 fully saturated rings. The second-order valence-electron chi connectivity index (χ2n) is 7.50. The van der Waals surface area contributed by atoms with Crippen molar-refractivity contribution in [2.45, 2.75) is 38.8 Å². The molecule has 1 saturated heterocycles. The first kappa shape index (κ1) is 19.2. The fourth-order valence-corrected chi connectivity index (χ4v) is 4.07. The quantitative estimate of drug-likeness (QED) is 0.483. The number of amides is 1. The summed E-state index contributed by atoms with van der Waals surface area (Å²) in [5.41, 5.74) is 2.02. The van der Waals surface area contributed by atoms with E-state index in [-0.39, 0.29) is 17.4 Å². The van der Waals surface area contributed by atoms with Crippen molar-refractivity contribution in [3.63, 3.8) is 0 Å². The standard InChI is InChI=1S/C23H22FNO4/c1-3-10-25-20(14-4-7-17(24)8-5-14)19(22(27)23(25)28)21(26)15-6-9-18-16(12-15)11-13(2)29-18/h4-9,12-13,20,26H,3,10-11H2,1-2H3/b21-19-. The smallest absolute Gasteiger partial charge is 0.295 e. The van der Waals surface area contributed by atoms with Crippen LogP contribution >= 0.6 is 0 Å². The third-order valence-corrected chi connectivity index (χ3v) is 5.36. The highest BCUT2D eigenvalue weighted by Crippen LogP contribution is 2.40. The number of carbonyl (C=O) groups is 2. The van der Waals surface area contributed by atoms with E-state index in [0.29, 0.717) is 30.5 Å². The average molecular weight is 395 g/mol. The number of ether oxygens (including phenoxy) is 1. The van der Waals surface area contributed by atoms with E-state index < -0.39 is 23.5 Å². The predicted octanol–water partition coefficient (Wildman–Crippen LogP) is 3.98. The minimum Gasteiger partial charge on any atom is -0.507 e. The van der Waals surface area contributed by atoms with E-state index in [1.165, 1.54) is 17.0 Å². The molecule has 5 nitrogen and oxygen atoms in total. The fraction of sp³-hybridized carbons (Fsp3) is 0.304. The average Bonchev–Trinajstić information content (AvgIpc) is 3.19. The summed E-state index contributed by atoms with van der Waals surface area (Å²) in [6.07, 6.45) is 1.41. The van der Waals surface area contributed by atoms with Crippen molar-refractivity contribution in [3.05, 3.63) is 70.5 Å². The van der Waals surface area contributed by atoms with Gasteiger partial charge >= 0.3 is 0 Å². The highest BCUT2D eigenvalue weighted by molar-refractivity contribution is 6.46. The molecule has 2 aliphatic rings. The summed E-state index contributed by atoms with van der Waals surface area (Å²) in [6, 6.07) is 10.2. The molecule has 1 amide bonds. The minimum atomic E-state index is -0.751. The first-order valence-corrected chi connectivity index (χ1v) is 9.74.